The maximum Gasteiger partial charge on any atom is 0.236 e. The van der Waals surface area contributed by atoms with Crippen LogP contribution in [0.4, 0.5) is 0 Å². The first-order valence-electron chi connectivity index (χ1n) is 6.09. The van der Waals surface area contributed by atoms with Gasteiger partial charge in [0.15, 0.2) is 0 Å². The Morgan fingerprint density at radius 3 is 2.90 bits per heavy atom. The Kier molecular flexibility index (Phi) is 6.19. The minimum Gasteiger partial charge on any atom is -0.443 e. The molecule has 3 N–H and O–H groups in total. The van der Waals surface area contributed by atoms with E-state index in [0.29, 0.717) is 18.1 Å². The van der Waals surface area contributed by atoms with Crippen LogP contribution >= 0.6 is 23.7 Å². The van der Waals surface area contributed by atoms with Gasteiger partial charge in [-0.05, 0) is 18.4 Å². The number of oxazole rings is 1. The molecule has 0 spiro atoms. The van der Waals surface area contributed by atoms with Crippen LogP contribution in [0.1, 0.15) is 19.5 Å². The van der Waals surface area contributed by atoms with Crippen molar-refractivity contribution < 1.29 is 9.21 Å². The molecule has 0 aliphatic rings. The molecule has 2 aromatic rings. The highest BCUT2D eigenvalue weighted by Gasteiger charge is 2.17. The molecule has 0 aromatic carbocycles. The Bertz CT molecular complexity index is 540. The van der Waals surface area contributed by atoms with Crippen LogP contribution in [0.15, 0.2) is 28.2 Å². The van der Waals surface area contributed by atoms with Crippen molar-refractivity contribution in [2.45, 2.75) is 26.4 Å². The van der Waals surface area contributed by atoms with Gasteiger partial charge in [0, 0.05) is 12.0 Å². The lowest BCUT2D eigenvalue weighted by atomic mass is 10.0. The number of amides is 1. The molecule has 2 atom stereocenters. The molecule has 0 bridgehead atoms. The first-order chi connectivity index (χ1) is 9.08. The van der Waals surface area contributed by atoms with Crippen LogP contribution < -0.4 is 11.1 Å². The number of carbonyl (C=O) groups excluding carboxylic acids is 1. The van der Waals surface area contributed by atoms with Crippen LogP contribution in [-0.2, 0) is 11.3 Å². The molecule has 2 unspecified atom stereocenters. The van der Waals surface area contributed by atoms with Gasteiger partial charge in [0.05, 0.1) is 17.1 Å². The van der Waals surface area contributed by atoms with Crippen molar-refractivity contribution in [2.24, 2.45) is 11.7 Å². The van der Waals surface area contributed by atoms with Crippen molar-refractivity contribution in [3.05, 3.63) is 29.5 Å². The highest BCUT2D eigenvalue weighted by Crippen LogP contribution is 2.23. The zero-order valence-electron chi connectivity index (χ0n) is 11.3. The van der Waals surface area contributed by atoms with Gasteiger partial charge < -0.3 is 15.5 Å². The van der Waals surface area contributed by atoms with Crippen LogP contribution in [0.5, 0.6) is 0 Å². The van der Waals surface area contributed by atoms with Crippen molar-refractivity contribution in [2.75, 3.05) is 0 Å². The van der Waals surface area contributed by atoms with Gasteiger partial charge in [-0.25, -0.2) is 4.98 Å². The Morgan fingerprint density at radius 1 is 1.55 bits per heavy atom. The van der Waals surface area contributed by atoms with Crippen LogP contribution in [0.25, 0.3) is 10.8 Å². The van der Waals surface area contributed by atoms with Crippen LogP contribution in [-0.4, -0.2) is 16.9 Å². The van der Waals surface area contributed by atoms with E-state index in [1.165, 1.54) is 0 Å². The molecular weight excluding hydrogens is 298 g/mol. The van der Waals surface area contributed by atoms with Crippen molar-refractivity contribution in [3.8, 4) is 10.8 Å². The van der Waals surface area contributed by atoms with Crippen LogP contribution in [0, 0.1) is 5.92 Å². The quantitative estimate of drug-likeness (QED) is 0.888. The fourth-order valence-electron chi connectivity index (χ4n) is 1.48. The molecule has 5 nitrogen and oxygen atoms in total. The zero-order valence-corrected chi connectivity index (χ0v) is 13.0. The Hall–Kier alpha value is -1.37. The van der Waals surface area contributed by atoms with Gasteiger partial charge >= 0.3 is 0 Å². The molecule has 2 rings (SSSR count). The van der Waals surface area contributed by atoms with Gasteiger partial charge in [0.25, 0.3) is 0 Å². The number of halogens is 1. The van der Waals surface area contributed by atoms with Crippen molar-refractivity contribution in [1.29, 1.82) is 0 Å². The Balaban J connectivity index is 0.00000200. The fourth-order valence-corrected chi connectivity index (χ4v) is 2.13. The van der Waals surface area contributed by atoms with Crippen molar-refractivity contribution in [1.82, 2.24) is 10.3 Å². The number of rotatable bonds is 5. The summed E-state index contributed by atoms with van der Waals surface area (Å²) in [4.78, 5) is 17.0. The molecular formula is C13H18ClN3O2S. The highest BCUT2D eigenvalue weighted by atomic mass is 35.5. The minimum atomic E-state index is -0.219. The summed E-state index contributed by atoms with van der Waals surface area (Å²) in [6, 6.07) is 3.71. The molecule has 0 radical (unpaired) electrons. The molecule has 20 heavy (non-hydrogen) atoms. The summed E-state index contributed by atoms with van der Waals surface area (Å²) >= 11 is 1.56. The van der Waals surface area contributed by atoms with Gasteiger partial charge in [-0.3, -0.25) is 4.79 Å². The summed E-state index contributed by atoms with van der Waals surface area (Å²) in [6.07, 6.45) is 1.56. The summed E-state index contributed by atoms with van der Waals surface area (Å²) in [5.41, 5.74) is 6.38. The predicted molar refractivity (Wildman–Crippen MR) is 81.7 cm³/mol. The van der Waals surface area contributed by atoms with Gasteiger partial charge in [-0.15, -0.1) is 23.7 Å². The van der Waals surface area contributed by atoms with Gasteiger partial charge in [0.1, 0.15) is 6.26 Å². The van der Waals surface area contributed by atoms with E-state index in [4.69, 9.17) is 10.2 Å². The molecule has 0 fully saturated rings. The maximum atomic E-state index is 11.7. The van der Waals surface area contributed by atoms with Crippen molar-refractivity contribution >= 4 is 29.7 Å². The third-order valence-corrected chi connectivity index (χ3v) is 3.79. The second-order valence-electron chi connectivity index (χ2n) is 4.49. The first kappa shape index (κ1) is 16.7. The summed E-state index contributed by atoms with van der Waals surface area (Å²) in [5.74, 6) is 0.291. The molecule has 110 valence electrons. The van der Waals surface area contributed by atoms with Crippen LogP contribution in [0.3, 0.4) is 0 Å². The predicted octanol–water partition coefficient (Wildman–Crippen LogP) is 2.42. The number of aromatic nitrogens is 1. The number of nitrogens with two attached hydrogens (primary N) is 1. The lowest BCUT2D eigenvalue weighted by Gasteiger charge is -2.14. The Labute approximate surface area is 128 Å². The molecule has 0 aliphatic carbocycles. The smallest absolute Gasteiger partial charge is 0.236 e. The van der Waals surface area contributed by atoms with E-state index < -0.39 is 0 Å². The zero-order chi connectivity index (χ0) is 13.8. The normalized spacial score (nSPS) is 13.3. The van der Waals surface area contributed by atoms with Gasteiger partial charge in [0.2, 0.25) is 11.8 Å². The lowest BCUT2D eigenvalue weighted by molar-refractivity contribution is -0.125. The standard InChI is InChI=1S/C13H17N3O2S.ClH/c1-8(9(2)14)12(17)15-6-10-7-18-13(16-10)11-4-3-5-19-11;/h3-5,7-9H,6,14H2,1-2H3,(H,15,17);1H. The topological polar surface area (TPSA) is 81.2 Å². The third kappa shape index (κ3) is 4.06. The number of carbonyl (C=O) groups is 1. The second kappa shape index (κ2) is 7.42. The van der Waals surface area contributed by atoms with E-state index in [0.717, 1.165) is 4.88 Å². The highest BCUT2D eigenvalue weighted by molar-refractivity contribution is 7.13. The minimum absolute atomic E-state index is 0. The Morgan fingerprint density at radius 2 is 2.30 bits per heavy atom. The van der Waals surface area contributed by atoms with E-state index in [-0.39, 0.29) is 30.3 Å². The third-order valence-electron chi connectivity index (χ3n) is 2.93. The van der Waals surface area contributed by atoms with E-state index in [1.807, 2.05) is 24.4 Å². The average molecular weight is 316 g/mol. The lowest BCUT2D eigenvalue weighted by Crippen LogP contribution is -2.38. The number of nitrogens with one attached hydrogen (secondary N) is 1. The van der Waals surface area contributed by atoms with E-state index >= 15 is 0 Å². The van der Waals surface area contributed by atoms with E-state index in [2.05, 4.69) is 10.3 Å². The summed E-state index contributed by atoms with van der Waals surface area (Å²) in [6.45, 7) is 3.97. The molecule has 1 amide bonds. The SMILES string of the molecule is CC(N)C(C)C(=O)NCc1coc(-c2cccs2)n1.Cl. The average Bonchev–Trinajstić information content (AvgIpc) is 3.04. The van der Waals surface area contributed by atoms with Crippen LogP contribution in [0.2, 0.25) is 0 Å². The molecule has 2 aromatic heterocycles. The molecule has 2 heterocycles. The number of hydrogen-bond donors (Lipinski definition) is 2. The molecule has 7 heteroatoms. The summed E-state index contributed by atoms with van der Waals surface area (Å²) in [7, 11) is 0. The number of thiophene rings is 1. The number of hydrogen-bond acceptors (Lipinski definition) is 5. The van der Waals surface area contributed by atoms with E-state index in [1.54, 1.807) is 24.5 Å². The second-order valence-corrected chi connectivity index (χ2v) is 5.43. The molecule has 0 aliphatic heterocycles. The fraction of sp³-hybridized carbons (Fsp3) is 0.385. The summed E-state index contributed by atoms with van der Waals surface area (Å²) in [5, 5.41) is 4.76. The molecule has 0 saturated heterocycles. The monoisotopic (exact) mass is 315 g/mol. The van der Waals surface area contributed by atoms with Gasteiger partial charge in [-0.1, -0.05) is 13.0 Å². The molecule has 0 saturated carbocycles. The van der Waals surface area contributed by atoms with Crippen molar-refractivity contribution in [3.63, 3.8) is 0 Å². The first-order valence-corrected chi connectivity index (χ1v) is 6.97. The van der Waals surface area contributed by atoms with Gasteiger partial charge in [-0.2, -0.15) is 0 Å². The number of nitrogens with zero attached hydrogens (tertiary/aromatic N) is 1. The largest absolute Gasteiger partial charge is 0.443 e. The summed E-state index contributed by atoms with van der Waals surface area (Å²) < 4.78 is 5.37. The van der Waals surface area contributed by atoms with E-state index in [9.17, 15) is 4.79 Å². The maximum absolute atomic E-state index is 11.7.